The van der Waals surface area contributed by atoms with Gasteiger partial charge in [-0.15, -0.1) is 0 Å². The molecule has 4 aliphatic rings. The third-order valence-corrected chi connectivity index (χ3v) is 10.9. The van der Waals surface area contributed by atoms with E-state index in [1.807, 2.05) is 0 Å². The third kappa shape index (κ3) is 9.32. The topological polar surface area (TPSA) is 241 Å². The van der Waals surface area contributed by atoms with Gasteiger partial charge in [0.25, 0.3) is 0 Å². The number of amides is 1. The molecule has 0 aromatic carbocycles. The van der Waals surface area contributed by atoms with Crippen LogP contribution >= 0.6 is 0 Å². The lowest BCUT2D eigenvalue weighted by Crippen LogP contribution is -2.50. The molecule has 4 saturated carbocycles. The lowest BCUT2D eigenvalue weighted by atomic mass is 9.68. The number of aliphatic carboxylic acids is 2. The first kappa shape index (κ1) is 35.9. The molecular weight excluding hydrogens is 608 g/mol. The van der Waals surface area contributed by atoms with Crippen LogP contribution in [0.3, 0.4) is 0 Å². The Morgan fingerprint density at radius 3 is 1.70 bits per heavy atom. The zero-order valence-corrected chi connectivity index (χ0v) is 26.1. The minimum atomic E-state index is -1.10. The number of nitro groups is 2. The molecule has 16 nitrogen and oxygen atoms in total. The molecule has 4 fully saturated rings. The standard InChI is InChI=1S/C30H48N4O12/c35-28(26-16-20(34(43)44)6-12-24(26)30(38)39)31-18-3-9-22(10-4-18)46-14-13-45-21-7-1-17(2-8-21)27(32-40)25-15-19(33(41)42)5-11-23(25)29(36)37/h17-27,32,40H,1-16H2,(H,31,35)(H,36,37)(H,38,39). The highest BCUT2D eigenvalue weighted by Crippen LogP contribution is 2.40. The molecule has 0 bridgehead atoms. The predicted octanol–water partition coefficient (Wildman–Crippen LogP) is 2.65. The first-order valence-electron chi connectivity index (χ1n) is 16.6. The highest BCUT2D eigenvalue weighted by molar-refractivity contribution is 5.85. The van der Waals surface area contributed by atoms with Gasteiger partial charge in [-0.3, -0.25) is 34.6 Å². The monoisotopic (exact) mass is 656 g/mol. The Morgan fingerprint density at radius 2 is 1.20 bits per heavy atom. The first-order valence-corrected chi connectivity index (χ1v) is 16.6. The molecule has 260 valence electrons. The van der Waals surface area contributed by atoms with E-state index >= 15 is 0 Å². The lowest BCUT2D eigenvalue weighted by Gasteiger charge is -2.41. The first-order chi connectivity index (χ1) is 22.0. The van der Waals surface area contributed by atoms with E-state index in [-0.39, 0.29) is 67.6 Å². The van der Waals surface area contributed by atoms with Crippen molar-refractivity contribution in [3.8, 4) is 0 Å². The van der Waals surface area contributed by atoms with Crippen LogP contribution in [0.5, 0.6) is 0 Å². The molecule has 0 aromatic rings. The van der Waals surface area contributed by atoms with Crippen LogP contribution in [0, 0.1) is 49.8 Å². The number of carboxylic acid groups (broad SMARTS) is 2. The van der Waals surface area contributed by atoms with Gasteiger partial charge in [0, 0.05) is 47.6 Å². The van der Waals surface area contributed by atoms with Crippen molar-refractivity contribution in [2.75, 3.05) is 13.2 Å². The van der Waals surface area contributed by atoms with Crippen molar-refractivity contribution in [3.05, 3.63) is 20.2 Å². The zero-order chi connectivity index (χ0) is 33.4. The van der Waals surface area contributed by atoms with Crippen molar-refractivity contribution in [2.24, 2.45) is 29.6 Å². The molecule has 4 rings (SSSR count). The molecule has 0 aliphatic heterocycles. The van der Waals surface area contributed by atoms with Crippen LogP contribution in [0.15, 0.2) is 0 Å². The number of carboxylic acids is 2. The number of hydrogen-bond acceptors (Lipinski definition) is 11. The molecule has 0 spiro atoms. The van der Waals surface area contributed by atoms with Crippen LogP contribution in [0.25, 0.3) is 0 Å². The Labute approximate surface area is 267 Å². The SMILES string of the molecule is O=C(O)C1CCC([N+](=O)[O-])CC1C(=O)NC1CCC(OCCOC2CCC(C(NO)C3CC([N+](=O)[O-])CCC3C(=O)O)CC2)CC1. The summed E-state index contributed by atoms with van der Waals surface area (Å²) in [5.74, 6) is -5.61. The summed E-state index contributed by atoms with van der Waals surface area (Å²) in [5.41, 5.74) is 2.31. The van der Waals surface area contributed by atoms with Crippen molar-refractivity contribution >= 4 is 17.8 Å². The fourth-order valence-electron chi connectivity index (χ4n) is 8.28. The van der Waals surface area contributed by atoms with Gasteiger partial charge in [0.1, 0.15) is 0 Å². The van der Waals surface area contributed by atoms with Gasteiger partial charge < -0.3 is 30.2 Å². The maximum atomic E-state index is 12.9. The predicted molar refractivity (Wildman–Crippen MR) is 159 cm³/mol. The molecule has 0 saturated heterocycles. The number of carbonyl (C=O) groups is 3. The van der Waals surface area contributed by atoms with Crippen LogP contribution < -0.4 is 10.8 Å². The minimum Gasteiger partial charge on any atom is -0.481 e. The molecule has 1 amide bonds. The summed E-state index contributed by atoms with van der Waals surface area (Å²) >= 11 is 0. The third-order valence-electron chi connectivity index (χ3n) is 10.9. The largest absolute Gasteiger partial charge is 0.481 e. The second-order valence-corrected chi connectivity index (χ2v) is 13.6. The maximum absolute atomic E-state index is 12.9. The van der Waals surface area contributed by atoms with Gasteiger partial charge in [-0.05, 0) is 76.0 Å². The van der Waals surface area contributed by atoms with Gasteiger partial charge >= 0.3 is 11.9 Å². The molecule has 4 aliphatic carbocycles. The van der Waals surface area contributed by atoms with Gasteiger partial charge in [-0.2, -0.15) is 0 Å². The summed E-state index contributed by atoms with van der Waals surface area (Å²) < 4.78 is 12.0. The molecule has 0 radical (unpaired) electrons. The number of ether oxygens (including phenoxy) is 2. The van der Waals surface area contributed by atoms with Crippen LogP contribution in [-0.4, -0.2) is 92.7 Å². The Morgan fingerprint density at radius 1 is 0.696 bits per heavy atom. The highest BCUT2D eigenvalue weighted by atomic mass is 16.6. The Kier molecular flexibility index (Phi) is 13.1. The minimum absolute atomic E-state index is 0.00242. The van der Waals surface area contributed by atoms with Crippen LogP contribution in [0.4, 0.5) is 0 Å². The molecule has 16 heteroatoms. The van der Waals surface area contributed by atoms with E-state index in [4.69, 9.17) is 9.47 Å². The summed E-state index contributed by atoms with van der Waals surface area (Å²) in [6.07, 6.45) is 6.39. The van der Waals surface area contributed by atoms with Gasteiger partial charge in [-0.25, -0.2) is 5.48 Å². The van der Waals surface area contributed by atoms with Crippen molar-refractivity contribution in [1.82, 2.24) is 10.8 Å². The average Bonchev–Trinajstić information content (AvgIpc) is 3.04. The van der Waals surface area contributed by atoms with E-state index in [0.717, 1.165) is 12.8 Å². The van der Waals surface area contributed by atoms with Crippen molar-refractivity contribution in [1.29, 1.82) is 0 Å². The second kappa shape index (κ2) is 16.7. The normalized spacial score (nSPS) is 35.8. The zero-order valence-electron chi connectivity index (χ0n) is 26.1. The van der Waals surface area contributed by atoms with Crippen molar-refractivity contribution in [3.63, 3.8) is 0 Å². The molecule has 7 unspecified atom stereocenters. The Bertz CT molecular complexity index is 1080. The van der Waals surface area contributed by atoms with E-state index in [0.29, 0.717) is 51.7 Å². The van der Waals surface area contributed by atoms with E-state index in [1.54, 1.807) is 0 Å². The smallest absolute Gasteiger partial charge is 0.307 e. The van der Waals surface area contributed by atoms with E-state index in [2.05, 4.69) is 10.8 Å². The van der Waals surface area contributed by atoms with Crippen LogP contribution in [-0.2, 0) is 23.9 Å². The molecule has 5 N–H and O–H groups in total. The van der Waals surface area contributed by atoms with Gasteiger partial charge in [0.2, 0.25) is 18.0 Å². The second-order valence-electron chi connectivity index (χ2n) is 13.6. The summed E-state index contributed by atoms with van der Waals surface area (Å²) in [4.78, 5) is 58.3. The molecule has 0 aromatic heterocycles. The Hall–Kier alpha value is -2.95. The summed E-state index contributed by atoms with van der Waals surface area (Å²) in [6, 6.07) is -2.37. The number of hydroxylamine groups is 1. The number of hydrogen-bond donors (Lipinski definition) is 5. The van der Waals surface area contributed by atoms with Crippen molar-refractivity contribution in [2.45, 2.75) is 126 Å². The van der Waals surface area contributed by atoms with Gasteiger partial charge in [0.15, 0.2) is 0 Å². The van der Waals surface area contributed by atoms with Crippen LogP contribution in [0.1, 0.15) is 89.9 Å². The fraction of sp³-hybridized carbons (Fsp3) is 0.900. The number of carbonyl (C=O) groups excluding carboxylic acids is 1. The molecule has 7 atom stereocenters. The summed E-state index contributed by atoms with van der Waals surface area (Å²) in [5, 5.41) is 54.8. The highest BCUT2D eigenvalue weighted by Gasteiger charge is 2.46. The summed E-state index contributed by atoms with van der Waals surface area (Å²) in [7, 11) is 0. The van der Waals surface area contributed by atoms with Crippen molar-refractivity contribution < 1.29 is 49.1 Å². The molecule has 46 heavy (non-hydrogen) atoms. The maximum Gasteiger partial charge on any atom is 0.307 e. The quantitative estimate of drug-likeness (QED) is 0.103. The molecule has 0 heterocycles. The van der Waals surface area contributed by atoms with E-state index < -0.39 is 64.6 Å². The number of nitrogens with zero attached hydrogens (tertiary/aromatic N) is 2. The van der Waals surface area contributed by atoms with E-state index in [1.165, 1.54) is 0 Å². The number of rotatable bonds is 14. The summed E-state index contributed by atoms with van der Waals surface area (Å²) in [6.45, 7) is 0.801. The average molecular weight is 657 g/mol. The number of nitrogens with one attached hydrogen (secondary N) is 2. The van der Waals surface area contributed by atoms with Crippen LogP contribution in [0.2, 0.25) is 0 Å². The molecular formula is C30H48N4O12. The lowest BCUT2D eigenvalue weighted by molar-refractivity contribution is -0.529. The van der Waals surface area contributed by atoms with Gasteiger partial charge in [0.05, 0.1) is 43.2 Å². The fourth-order valence-corrected chi connectivity index (χ4v) is 8.28. The van der Waals surface area contributed by atoms with Gasteiger partial charge in [-0.1, -0.05) is 0 Å². The van der Waals surface area contributed by atoms with E-state index in [9.17, 15) is 50.0 Å². The Balaban J connectivity index is 1.13.